The zero-order chi connectivity index (χ0) is 16.8. The number of rotatable bonds is 4. The van der Waals surface area contributed by atoms with Crippen LogP contribution >= 0.6 is 0 Å². The average Bonchev–Trinajstić information content (AvgIpc) is 3.18. The Morgan fingerprint density at radius 3 is 2.21 bits per heavy atom. The molecule has 5 fully saturated rings. The molecular formula is C19H29NO4. The molecule has 134 valence electrons. The summed E-state index contributed by atoms with van der Waals surface area (Å²) in [5, 5.41) is 12.7. The van der Waals surface area contributed by atoms with Crippen molar-refractivity contribution in [3.8, 4) is 0 Å². The van der Waals surface area contributed by atoms with Crippen LogP contribution in [0.3, 0.4) is 0 Å². The van der Waals surface area contributed by atoms with E-state index in [4.69, 9.17) is 4.74 Å². The first kappa shape index (κ1) is 16.4. The van der Waals surface area contributed by atoms with Crippen LogP contribution in [-0.4, -0.2) is 35.2 Å². The topological polar surface area (TPSA) is 75.6 Å². The Kier molecular flexibility index (Phi) is 3.90. The third kappa shape index (κ3) is 2.75. The number of carbonyl (C=O) groups excluding carboxylic acids is 1. The number of fused-ring (bicyclic) bond motifs is 3. The number of ether oxygens (including phenoxy) is 1. The van der Waals surface area contributed by atoms with Gasteiger partial charge >= 0.3 is 5.97 Å². The summed E-state index contributed by atoms with van der Waals surface area (Å²) in [6.45, 7) is 0.831. The molecule has 1 atom stereocenters. The SMILES string of the molecule is O=C(CC1CC2(CCCC2)CO1)NC12CCC(C(=O)O)(CC1)CC2. The fourth-order valence-corrected chi connectivity index (χ4v) is 5.75. The molecule has 5 nitrogen and oxygen atoms in total. The van der Waals surface area contributed by atoms with Gasteiger partial charge in [0, 0.05) is 5.54 Å². The Balaban J connectivity index is 1.30. The first-order valence-electron chi connectivity index (χ1n) is 9.61. The second-order valence-corrected chi connectivity index (χ2v) is 8.96. The smallest absolute Gasteiger partial charge is 0.309 e. The molecule has 1 amide bonds. The maximum absolute atomic E-state index is 12.6. The number of amides is 1. The maximum Gasteiger partial charge on any atom is 0.309 e. The predicted octanol–water partition coefficient (Wildman–Crippen LogP) is 3.02. The highest BCUT2D eigenvalue weighted by molar-refractivity contribution is 5.78. The Labute approximate surface area is 143 Å². The molecule has 5 heteroatoms. The number of hydrogen-bond acceptors (Lipinski definition) is 3. The van der Waals surface area contributed by atoms with Gasteiger partial charge in [0.25, 0.3) is 0 Å². The number of hydrogen-bond donors (Lipinski definition) is 2. The maximum atomic E-state index is 12.6. The van der Waals surface area contributed by atoms with Crippen molar-refractivity contribution in [2.24, 2.45) is 10.8 Å². The lowest BCUT2D eigenvalue weighted by Crippen LogP contribution is -2.58. The summed E-state index contributed by atoms with van der Waals surface area (Å²) in [6.07, 6.45) is 11.2. The van der Waals surface area contributed by atoms with Crippen molar-refractivity contribution in [3.05, 3.63) is 0 Å². The van der Waals surface area contributed by atoms with Crippen LogP contribution in [0.25, 0.3) is 0 Å². The summed E-state index contributed by atoms with van der Waals surface area (Å²) in [6, 6.07) is 0. The first-order valence-corrected chi connectivity index (χ1v) is 9.61. The van der Waals surface area contributed by atoms with Gasteiger partial charge in [-0.2, -0.15) is 0 Å². The Hall–Kier alpha value is -1.10. The highest BCUT2D eigenvalue weighted by Gasteiger charge is 2.53. The average molecular weight is 335 g/mol. The molecule has 5 rings (SSSR count). The van der Waals surface area contributed by atoms with Gasteiger partial charge in [-0.1, -0.05) is 12.8 Å². The molecule has 0 aromatic carbocycles. The predicted molar refractivity (Wildman–Crippen MR) is 88.5 cm³/mol. The zero-order valence-electron chi connectivity index (χ0n) is 14.4. The minimum Gasteiger partial charge on any atom is -0.481 e. The first-order chi connectivity index (χ1) is 11.5. The third-order valence-electron chi connectivity index (χ3n) is 7.47. The lowest BCUT2D eigenvalue weighted by molar-refractivity contribution is -0.157. The molecule has 2 bridgehead atoms. The van der Waals surface area contributed by atoms with E-state index in [1.165, 1.54) is 25.7 Å². The monoisotopic (exact) mass is 335 g/mol. The fraction of sp³-hybridized carbons (Fsp3) is 0.895. The van der Waals surface area contributed by atoms with Gasteiger partial charge in [0.2, 0.25) is 5.91 Å². The fourth-order valence-electron chi connectivity index (χ4n) is 5.75. The lowest BCUT2D eigenvalue weighted by atomic mass is 9.57. The number of aliphatic carboxylic acids is 1. The molecule has 4 aliphatic carbocycles. The minimum atomic E-state index is -0.650. The molecule has 4 saturated carbocycles. The number of carbonyl (C=O) groups is 2. The van der Waals surface area contributed by atoms with Crippen molar-refractivity contribution in [2.75, 3.05) is 6.61 Å². The van der Waals surface area contributed by atoms with E-state index in [1.54, 1.807) is 0 Å². The van der Waals surface area contributed by atoms with Crippen LogP contribution in [0.15, 0.2) is 0 Å². The molecule has 1 heterocycles. The van der Waals surface area contributed by atoms with Crippen LogP contribution < -0.4 is 5.32 Å². The van der Waals surface area contributed by atoms with Crippen LogP contribution in [0.5, 0.6) is 0 Å². The van der Waals surface area contributed by atoms with Gasteiger partial charge in [0.1, 0.15) is 0 Å². The summed E-state index contributed by atoms with van der Waals surface area (Å²) in [5.41, 5.74) is -0.312. The molecule has 1 unspecified atom stereocenters. The molecule has 0 aromatic heterocycles. The number of carboxylic acids is 1. The summed E-state index contributed by atoms with van der Waals surface area (Å²) >= 11 is 0. The van der Waals surface area contributed by atoms with Crippen molar-refractivity contribution in [3.63, 3.8) is 0 Å². The summed E-state index contributed by atoms with van der Waals surface area (Å²) in [7, 11) is 0. The largest absolute Gasteiger partial charge is 0.481 e. The lowest BCUT2D eigenvalue weighted by Gasteiger charge is -2.51. The minimum absolute atomic E-state index is 0.0739. The number of nitrogens with one attached hydrogen (secondary N) is 1. The molecule has 2 N–H and O–H groups in total. The van der Waals surface area contributed by atoms with Crippen molar-refractivity contribution < 1.29 is 19.4 Å². The molecule has 0 radical (unpaired) electrons. The Bertz CT molecular complexity index is 513. The zero-order valence-corrected chi connectivity index (χ0v) is 14.4. The molecule has 24 heavy (non-hydrogen) atoms. The van der Waals surface area contributed by atoms with Gasteiger partial charge in [-0.15, -0.1) is 0 Å². The van der Waals surface area contributed by atoms with Crippen molar-refractivity contribution in [1.29, 1.82) is 0 Å². The van der Waals surface area contributed by atoms with E-state index in [9.17, 15) is 14.7 Å². The van der Waals surface area contributed by atoms with Crippen LogP contribution in [0.1, 0.15) is 77.0 Å². The normalized spacial score (nSPS) is 40.1. The summed E-state index contributed by atoms with van der Waals surface area (Å²) in [5.74, 6) is -0.553. The van der Waals surface area contributed by atoms with Gasteiger partial charge in [-0.3, -0.25) is 9.59 Å². The van der Waals surface area contributed by atoms with Crippen LogP contribution in [-0.2, 0) is 14.3 Å². The summed E-state index contributed by atoms with van der Waals surface area (Å²) < 4.78 is 5.94. The molecule has 0 aromatic rings. The molecular weight excluding hydrogens is 306 g/mol. The van der Waals surface area contributed by atoms with Gasteiger partial charge in [-0.05, 0) is 63.2 Å². The van der Waals surface area contributed by atoms with Gasteiger partial charge in [0.15, 0.2) is 0 Å². The molecule has 1 spiro atoms. The van der Waals surface area contributed by atoms with Crippen molar-refractivity contribution in [2.45, 2.75) is 88.7 Å². The van der Waals surface area contributed by atoms with Gasteiger partial charge < -0.3 is 15.2 Å². The highest BCUT2D eigenvalue weighted by Crippen LogP contribution is 2.52. The second kappa shape index (κ2) is 5.72. The van der Waals surface area contributed by atoms with E-state index in [1.807, 2.05) is 0 Å². The van der Waals surface area contributed by atoms with Gasteiger partial charge in [-0.25, -0.2) is 0 Å². The van der Waals surface area contributed by atoms with E-state index in [0.717, 1.165) is 32.3 Å². The van der Waals surface area contributed by atoms with Crippen molar-refractivity contribution >= 4 is 11.9 Å². The molecule has 1 aliphatic heterocycles. The van der Waals surface area contributed by atoms with Gasteiger partial charge in [0.05, 0.1) is 24.5 Å². The van der Waals surface area contributed by atoms with E-state index < -0.39 is 11.4 Å². The third-order valence-corrected chi connectivity index (χ3v) is 7.47. The molecule has 5 aliphatic rings. The van der Waals surface area contributed by atoms with Crippen LogP contribution in [0.2, 0.25) is 0 Å². The Morgan fingerprint density at radius 2 is 1.62 bits per heavy atom. The van der Waals surface area contributed by atoms with E-state index >= 15 is 0 Å². The Morgan fingerprint density at radius 1 is 1.00 bits per heavy atom. The second-order valence-electron chi connectivity index (χ2n) is 8.96. The van der Waals surface area contributed by atoms with E-state index in [-0.39, 0.29) is 17.6 Å². The molecule has 1 saturated heterocycles. The van der Waals surface area contributed by atoms with Crippen LogP contribution in [0.4, 0.5) is 0 Å². The van der Waals surface area contributed by atoms with E-state index in [0.29, 0.717) is 31.1 Å². The van der Waals surface area contributed by atoms with Crippen molar-refractivity contribution in [1.82, 2.24) is 5.32 Å². The summed E-state index contributed by atoms with van der Waals surface area (Å²) in [4.78, 5) is 24.1. The van der Waals surface area contributed by atoms with E-state index in [2.05, 4.69) is 5.32 Å². The highest BCUT2D eigenvalue weighted by atomic mass is 16.5. The van der Waals surface area contributed by atoms with Crippen LogP contribution in [0, 0.1) is 10.8 Å². The standard InChI is InChI=1S/C19H29NO4/c21-15(11-14-12-17(13-24-14)3-1-2-4-17)20-19-8-5-18(6-9-19,7-10-19)16(22)23/h14H,1-13H2,(H,20,21)(H,22,23). The quantitative estimate of drug-likeness (QED) is 0.828. The number of carboxylic acid groups (broad SMARTS) is 1.